The number of allylic oxidation sites excluding steroid dienone is 3. The third-order valence-corrected chi connectivity index (χ3v) is 3.22. The Labute approximate surface area is 110 Å². The summed E-state index contributed by atoms with van der Waals surface area (Å²) in [5, 5.41) is 0. The van der Waals surface area contributed by atoms with Crippen LogP contribution in [0.1, 0.15) is 45.2 Å². The molecule has 0 aliphatic carbocycles. The van der Waals surface area contributed by atoms with Crippen molar-refractivity contribution in [1.82, 2.24) is 0 Å². The smallest absolute Gasteiger partial charge is 0.0345 e. The molecule has 18 heavy (non-hydrogen) atoms. The van der Waals surface area contributed by atoms with Gasteiger partial charge in [0.05, 0.1) is 0 Å². The number of hydrogen-bond acceptors (Lipinski definition) is 1. The molecule has 0 aromatic heterocycles. The van der Waals surface area contributed by atoms with Crippen molar-refractivity contribution < 1.29 is 0 Å². The highest BCUT2D eigenvalue weighted by atomic mass is 14.7. The molecule has 0 atom stereocenters. The molecule has 0 saturated carbocycles. The monoisotopic (exact) mass is 239 g/mol. The maximum Gasteiger partial charge on any atom is 0.0345 e. The van der Waals surface area contributed by atoms with Crippen molar-refractivity contribution in [2.45, 2.75) is 39.5 Å². The highest BCUT2D eigenvalue weighted by Gasteiger charge is 2.13. The van der Waals surface area contributed by atoms with Crippen LogP contribution >= 0.6 is 0 Å². The van der Waals surface area contributed by atoms with Gasteiger partial charge in [0.15, 0.2) is 0 Å². The van der Waals surface area contributed by atoms with Crippen molar-refractivity contribution in [1.29, 1.82) is 0 Å². The zero-order valence-electron chi connectivity index (χ0n) is 11.7. The minimum atomic E-state index is 0.209. The lowest BCUT2D eigenvalue weighted by atomic mass is 9.86. The normalized spacial score (nSPS) is 16.0. The van der Waals surface area contributed by atoms with Crippen LogP contribution in [0.5, 0.6) is 0 Å². The maximum absolute atomic E-state index is 4.44. The summed E-state index contributed by atoms with van der Waals surface area (Å²) >= 11 is 0. The fourth-order valence-corrected chi connectivity index (χ4v) is 1.97. The highest BCUT2D eigenvalue weighted by Crippen LogP contribution is 2.25. The Bertz CT molecular complexity index is 508. The highest BCUT2D eigenvalue weighted by molar-refractivity contribution is 5.87. The molecule has 1 heteroatoms. The first kappa shape index (κ1) is 12.8. The zero-order chi connectivity index (χ0) is 13.2. The second-order valence-electron chi connectivity index (χ2n) is 5.88. The van der Waals surface area contributed by atoms with Crippen LogP contribution < -0.4 is 0 Å². The van der Waals surface area contributed by atoms with Crippen LogP contribution in [0, 0.1) is 0 Å². The van der Waals surface area contributed by atoms with E-state index in [0.29, 0.717) is 0 Å². The van der Waals surface area contributed by atoms with Gasteiger partial charge < -0.3 is 0 Å². The Kier molecular flexibility index (Phi) is 3.51. The molecule has 1 aromatic rings. The number of hydrogen-bond donors (Lipinski definition) is 0. The average Bonchev–Trinajstić information content (AvgIpc) is 2.53. The minimum absolute atomic E-state index is 0.209. The third-order valence-electron chi connectivity index (χ3n) is 3.22. The van der Waals surface area contributed by atoms with Crippen molar-refractivity contribution in [2.75, 3.05) is 0 Å². The lowest BCUT2D eigenvalue weighted by Gasteiger charge is -2.19. The Morgan fingerprint density at radius 2 is 1.72 bits per heavy atom. The molecular weight excluding hydrogens is 218 g/mol. The van der Waals surface area contributed by atoms with Gasteiger partial charge in [0.25, 0.3) is 0 Å². The van der Waals surface area contributed by atoms with Gasteiger partial charge in [0, 0.05) is 18.3 Å². The molecule has 0 unspecified atom stereocenters. The first-order chi connectivity index (χ1) is 8.47. The topological polar surface area (TPSA) is 12.4 Å². The number of rotatable bonds is 1. The van der Waals surface area contributed by atoms with Gasteiger partial charge >= 0.3 is 0 Å². The third kappa shape index (κ3) is 2.98. The van der Waals surface area contributed by atoms with E-state index in [1.165, 1.54) is 16.7 Å². The number of benzene rings is 1. The van der Waals surface area contributed by atoms with E-state index in [2.05, 4.69) is 69.1 Å². The standard InChI is InChI=1S/C17H21N/c1-13-6-5-7-15(12-18-13)14-8-10-16(11-9-14)17(2,3)4/h5,7-12H,6H2,1-4H3. The van der Waals surface area contributed by atoms with Crippen molar-refractivity contribution >= 4 is 11.3 Å². The minimum Gasteiger partial charge on any atom is -0.265 e. The summed E-state index contributed by atoms with van der Waals surface area (Å²) in [5.41, 5.74) is 5.16. The Hall–Kier alpha value is -1.63. The van der Waals surface area contributed by atoms with Gasteiger partial charge in [-0.2, -0.15) is 0 Å². The predicted octanol–water partition coefficient (Wildman–Crippen LogP) is 4.75. The van der Waals surface area contributed by atoms with Crippen LogP contribution in [0.15, 0.2) is 47.6 Å². The molecule has 0 saturated heterocycles. The van der Waals surface area contributed by atoms with E-state index in [9.17, 15) is 0 Å². The molecule has 2 rings (SSSR count). The molecular formula is C17H21N. The molecule has 1 aliphatic heterocycles. The van der Waals surface area contributed by atoms with E-state index in [4.69, 9.17) is 0 Å². The SMILES string of the molecule is CC1=NC=C(c2ccc(C(C)(C)C)cc2)C=CC1. The Balaban J connectivity index is 2.30. The summed E-state index contributed by atoms with van der Waals surface area (Å²) in [6.07, 6.45) is 7.24. The van der Waals surface area contributed by atoms with Gasteiger partial charge in [-0.1, -0.05) is 57.2 Å². The first-order valence-electron chi connectivity index (χ1n) is 6.48. The second-order valence-corrected chi connectivity index (χ2v) is 5.88. The fourth-order valence-electron chi connectivity index (χ4n) is 1.97. The van der Waals surface area contributed by atoms with Crippen LogP contribution in [-0.2, 0) is 5.41 Å². The van der Waals surface area contributed by atoms with Crippen LogP contribution in [-0.4, -0.2) is 5.71 Å². The van der Waals surface area contributed by atoms with Crippen LogP contribution in [0.25, 0.3) is 5.57 Å². The molecule has 0 N–H and O–H groups in total. The van der Waals surface area contributed by atoms with E-state index < -0.39 is 0 Å². The van der Waals surface area contributed by atoms with E-state index in [1.54, 1.807) is 0 Å². The summed E-state index contributed by atoms with van der Waals surface area (Å²) in [6.45, 7) is 8.77. The van der Waals surface area contributed by atoms with Gasteiger partial charge in [-0.3, -0.25) is 4.99 Å². The molecule has 1 nitrogen and oxygen atoms in total. The summed E-state index contributed by atoms with van der Waals surface area (Å²) < 4.78 is 0. The quantitative estimate of drug-likeness (QED) is 0.671. The molecule has 1 heterocycles. The lowest BCUT2D eigenvalue weighted by Crippen LogP contribution is -2.10. The van der Waals surface area contributed by atoms with Gasteiger partial charge in [0.1, 0.15) is 0 Å². The molecule has 0 fully saturated rings. The summed E-state index contributed by atoms with van der Waals surface area (Å²) in [4.78, 5) is 4.44. The van der Waals surface area contributed by atoms with Gasteiger partial charge in [-0.05, 0) is 29.0 Å². The maximum atomic E-state index is 4.44. The Morgan fingerprint density at radius 1 is 1.06 bits per heavy atom. The molecule has 1 aromatic carbocycles. The average molecular weight is 239 g/mol. The fraction of sp³-hybridized carbons (Fsp3) is 0.353. The molecule has 0 radical (unpaired) electrons. The van der Waals surface area contributed by atoms with E-state index in [-0.39, 0.29) is 5.41 Å². The van der Waals surface area contributed by atoms with Crippen molar-refractivity contribution in [3.05, 3.63) is 53.7 Å². The van der Waals surface area contributed by atoms with Gasteiger partial charge in [-0.15, -0.1) is 0 Å². The zero-order valence-corrected chi connectivity index (χ0v) is 11.7. The van der Waals surface area contributed by atoms with Crippen LogP contribution in [0.2, 0.25) is 0 Å². The van der Waals surface area contributed by atoms with Crippen LogP contribution in [0.4, 0.5) is 0 Å². The molecule has 94 valence electrons. The van der Waals surface area contributed by atoms with Crippen molar-refractivity contribution in [3.8, 4) is 0 Å². The summed E-state index contributed by atoms with van der Waals surface area (Å²) in [6, 6.07) is 8.80. The van der Waals surface area contributed by atoms with Crippen molar-refractivity contribution in [2.24, 2.45) is 4.99 Å². The van der Waals surface area contributed by atoms with Crippen molar-refractivity contribution in [3.63, 3.8) is 0 Å². The molecule has 0 amide bonds. The molecule has 1 aliphatic rings. The largest absolute Gasteiger partial charge is 0.265 e. The predicted molar refractivity (Wildman–Crippen MR) is 80.0 cm³/mol. The van der Waals surface area contributed by atoms with E-state index in [0.717, 1.165) is 12.1 Å². The summed E-state index contributed by atoms with van der Waals surface area (Å²) in [7, 11) is 0. The lowest BCUT2D eigenvalue weighted by molar-refractivity contribution is 0.590. The van der Waals surface area contributed by atoms with Crippen LogP contribution in [0.3, 0.4) is 0 Å². The molecule has 0 bridgehead atoms. The summed E-state index contributed by atoms with van der Waals surface area (Å²) in [5.74, 6) is 0. The Morgan fingerprint density at radius 3 is 2.33 bits per heavy atom. The second kappa shape index (κ2) is 4.93. The molecule has 0 spiro atoms. The van der Waals surface area contributed by atoms with Gasteiger partial charge in [-0.25, -0.2) is 0 Å². The number of nitrogens with zero attached hydrogens (tertiary/aromatic N) is 1. The van der Waals surface area contributed by atoms with Gasteiger partial charge in [0.2, 0.25) is 0 Å². The first-order valence-corrected chi connectivity index (χ1v) is 6.48. The number of aliphatic imine (C=N–C) groups is 1. The van der Waals surface area contributed by atoms with E-state index >= 15 is 0 Å². The van der Waals surface area contributed by atoms with E-state index in [1.807, 2.05) is 6.20 Å².